The summed E-state index contributed by atoms with van der Waals surface area (Å²) in [5, 5.41) is 20.9. The third-order valence-corrected chi connectivity index (χ3v) is 4.21. The number of nitro groups is 1. The zero-order chi connectivity index (χ0) is 18.0. The monoisotopic (exact) mass is 339 g/mol. The van der Waals surface area contributed by atoms with E-state index in [1.807, 2.05) is 11.0 Å². The molecule has 25 heavy (non-hydrogen) atoms. The topological polar surface area (TPSA) is 148 Å². The van der Waals surface area contributed by atoms with Crippen LogP contribution in [0.4, 0.5) is 23.1 Å². The first-order valence-electron chi connectivity index (χ1n) is 7.88. The number of aromatic nitrogens is 2. The van der Waals surface area contributed by atoms with Crippen molar-refractivity contribution in [2.24, 2.45) is 0 Å². The number of rotatable bonds is 3. The van der Waals surface area contributed by atoms with Crippen LogP contribution >= 0.6 is 0 Å². The van der Waals surface area contributed by atoms with Crippen LogP contribution in [0.5, 0.6) is 0 Å². The summed E-state index contributed by atoms with van der Waals surface area (Å²) < 4.78 is 0. The molecule has 0 radical (unpaired) electrons. The number of nitrogen functional groups attached to an aromatic ring is 2. The summed E-state index contributed by atoms with van der Waals surface area (Å²) in [4.78, 5) is 21.0. The fraction of sp³-hybridized carbons (Fsp3) is 0.312. The van der Waals surface area contributed by atoms with Gasteiger partial charge in [-0.05, 0) is 25.3 Å². The summed E-state index contributed by atoms with van der Waals surface area (Å²) >= 11 is 0. The van der Waals surface area contributed by atoms with E-state index in [2.05, 4.69) is 9.97 Å². The van der Waals surface area contributed by atoms with Gasteiger partial charge in [-0.2, -0.15) is 10.2 Å². The van der Waals surface area contributed by atoms with Crippen molar-refractivity contribution >= 4 is 23.1 Å². The summed E-state index contributed by atoms with van der Waals surface area (Å²) in [6.45, 7) is 1.58. The number of anilines is 3. The van der Waals surface area contributed by atoms with Crippen LogP contribution in [0, 0.1) is 21.4 Å². The smallest absolute Gasteiger partial charge is 0.293 e. The van der Waals surface area contributed by atoms with Gasteiger partial charge in [-0.3, -0.25) is 10.1 Å². The minimum Gasteiger partial charge on any atom is -0.382 e. The Hall–Kier alpha value is -3.41. The number of nitro benzene ring substituents is 1. The van der Waals surface area contributed by atoms with Gasteiger partial charge in [0.1, 0.15) is 23.1 Å². The third kappa shape index (κ3) is 3.14. The van der Waals surface area contributed by atoms with Gasteiger partial charge >= 0.3 is 0 Å². The lowest BCUT2D eigenvalue weighted by molar-refractivity contribution is -0.384. The van der Waals surface area contributed by atoms with Crippen LogP contribution in [0.25, 0.3) is 11.3 Å². The number of nitrogens with two attached hydrogens (primary N) is 2. The van der Waals surface area contributed by atoms with Gasteiger partial charge in [0.25, 0.3) is 5.69 Å². The van der Waals surface area contributed by atoms with Crippen molar-refractivity contribution in [1.29, 1.82) is 5.26 Å². The summed E-state index contributed by atoms with van der Waals surface area (Å²) in [5.41, 5.74) is 12.5. The van der Waals surface area contributed by atoms with E-state index in [0.29, 0.717) is 11.3 Å². The quantitative estimate of drug-likeness (QED) is 0.637. The molecule has 0 unspecified atom stereocenters. The molecule has 0 atom stereocenters. The number of nitrogens with zero attached hydrogens (tertiary/aromatic N) is 5. The first kappa shape index (κ1) is 16.4. The second-order valence-electron chi connectivity index (χ2n) is 5.81. The lowest BCUT2D eigenvalue weighted by Gasteiger charge is -2.28. The zero-order valence-electron chi connectivity index (χ0n) is 13.5. The Labute approximate surface area is 144 Å². The van der Waals surface area contributed by atoms with E-state index in [0.717, 1.165) is 32.4 Å². The minimum absolute atomic E-state index is 0.0287. The average Bonchev–Trinajstić information content (AvgIpc) is 2.61. The first-order chi connectivity index (χ1) is 12.0. The van der Waals surface area contributed by atoms with E-state index >= 15 is 0 Å². The Bertz CT molecular complexity index is 870. The van der Waals surface area contributed by atoms with Crippen LogP contribution in [0.1, 0.15) is 24.8 Å². The highest BCUT2D eigenvalue weighted by atomic mass is 16.6. The fourth-order valence-corrected chi connectivity index (χ4v) is 3.03. The largest absolute Gasteiger partial charge is 0.382 e. The Kier molecular flexibility index (Phi) is 4.35. The normalized spacial score (nSPS) is 14.1. The van der Waals surface area contributed by atoms with E-state index in [9.17, 15) is 15.4 Å². The molecule has 128 valence electrons. The van der Waals surface area contributed by atoms with Gasteiger partial charge in [0.05, 0.1) is 10.6 Å². The Balaban J connectivity index is 2.12. The average molecular weight is 339 g/mol. The molecule has 1 aromatic heterocycles. The SMILES string of the molecule is N#Cc1c(N)nc(N)nc1-c1ccc(N2CCCCC2)c([N+](=O)[O-])c1. The van der Waals surface area contributed by atoms with Crippen molar-refractivity contribution in [3.63, 3.8) is 0 Å². The van der Waals surface area contributed by atoms with E-state index < -0.39 is 4.92 Å². The standard InChI is InChI=1S/C16H17N7O2/c17-9-11-14(20-16(19)21-15(11)18)10-4-5-12(13(8-10)23(24)25)22-6-2-1-3-7-22/h4-5,8H,1-3,6-7H2,(H4,18,19,20,21). The van der Waals surface area contributed by atoms with Crippen molar-refractivity contribution in [1.82, 2.24) is 9.97 Å². The Morgan fingerprint density at radius 2 is 1.92 bits per heavy atom. The minimum atomic E-state index is -0.423. The fourth-order valence-electron chi connectivity index (χ4n) is 3.03. The third-order valence-electron chi connectivity index (χ3n) is 4.21. The highest BCUT2D eigenvalue weighted by Crippen LogP contribution is 2.35. The van der Waals surface area contributed by atoms with Crippen molar-refractivity contribution < 1.29 is 4.92 Å². The van der Waals surface area contributed by atoms with Gasteiger partial charge in [0, 0.05) is 24.7 Å². The maximum absolute atomic E-state index is 11.6. The summed E-state index contributed by atoms with van der Waals surface area (Å²) in [6.07, 6.45) is 3.15. The predicted octanol–water partition coefficient (Wildman–Crippen LogP) is 2.08. The first-order valence-corrected chi connectivity index (χ1v) is 7.88. The predicted molar refractivity (Wildman–Crippen MR) is 93.7 cm³/mol. The lowest BCUT2D eigenvalue weighted by atomic mass is 10.0. The highest BCUT2D eigenvalue weighted by molar-refractivity contribution is 5.78. The number of nitriles is 1. The van der Waals surface area contributed by atoms with Gasteiger partial charge in [-0.15, -0.1) is 0 Å². The van der Waals surface area contributed by atoms with Crippen LogP contribution in [-0.4, -0.2) is 28.0 Å². The molecule has 0 amide bonds. The Morgan fingerprint density at radius 3 is 2.56 bits per heavy atom. The molecule has 1 aromatic carbocycles. The molecular formula is C16H17N7O2. The number of hydrogen-bond acceptors (Lipinski definition) is 8. The molecule has 0 spiro atoms. The second-order valence-corrected chi connectivity index (χ2v) is 5.81. The van der Waals surface area contributed by atoms with Gasteiger partial charge in [0.2, 0.25) is 5.95 Å². The van der Waals surface area contributed by atoms with E-state index in [4.69, 9.17) is 11.5 Å². The van der Waals surface area contributed by atoms with Crippen LogP contribution in [0.2, 0.25) is 0 Å². The molecule has 1 aliphatic rings. The lowest BCUT2D eigenvalue weighted by Crippen LogP contribution is -2.29. The second kappa shape index (κ2) is 6.60. The molecule has 2 heterocycles. The van der Waals surface area contributed by atoms with Gasteiger partial charge in [-0.1, -0.05) is 6.07 Å². The number of piperidine rings is 1. The molecule has 0 aliphatic carbocycles. The van der Waals surface area contributed by atoms with Gasteiger partial charge < -0.3 is 16.4 Å². The number of hydrogen-bond donors (Lipinski definition) is 2. The summed E-state index contributed by atoms with van der Waals surface area (Å²) in [6, 6.07) is 6.72. The molecule has 9 heteroatoms. The van der Waals surface area contributed by atoms with Crippen molar-refractivity contribution in [2.75, 3.05) is 29.5 Å². The molecule has 4 N–H and O–H groups in total. The van der Waals surface area contributed by atoms with Crippen LogP contribution in [0.15, 0.2) is 18.2 Å². The zero-order valence-corrected chi connectivity index (χ0v) is 13.5. The summed E-state index contributed by atoms with van der Waals surface area (Å²) in [5.74, 6) is -0.137. The molecule has 3 rings (SSSR count). The molecule has 2 aromatic rings. The van der Waals surface area contributed by atoms with Crippen LogP contribution in [-0.2, 0) is 0 Å². The van der Waals surface area contributed by atoms with E-state index in [-0.39, 0.29) is 28.7 Å². The van der Waals surface area contributed by atoms with Crippen LogP contribution in [0.3, 0.4) is 0 Å². The highest BCUT2D eigenvalue weighted by Gasteiger charge is 2.23. The molecule has 1 aliphatic heterocycles. The molecule has 1 fully saturated rings. The Morgan fingerprint density at radius 1 is 1.20 bits per heavy atom. The molecule has 9 nitrogen and oxygen atoms in total. The van der Waals surface area contributed by atoms with Gasteiger partial charge in [-0.25, -0.2) is 4.98 Å². The van der Waals surface area contributed by atoms with E-state index in [1.54, 1.807) is 12.1 Å². The molecular weight excluding hydrogens is 322 g/mol. The maximum atomic E-state index is 11.6. The van der Waals surface area contributed by atoms with Gasteiger partial charge in [0.15, 0.2) is 0 Å². The van der Waals surface area contributed by atoms with Crippen LogP contribution < -0.4 is 16.4 Å². The van der Waals surface area contributed by atoms with Crippen molar-refractivity contribution in [2.45, 2.75) is 19.3 Å². The molecule has 0 bridgehead atoms. The van der Waals surface area contributed by atoms with Crippen molar-refractivity contribution in [3.05, 3.63) is 33.9 Å². The van der Waals surface area contributed by atoms with Crippen molar-refractivity contribution in [3.8, 4) is 17.3 Å². The number of benzene rings is 1. The van der Waals surface area contributed by atoms with E-state index in [1.165, 1.54) is 6.07 Å². The molecule has 1 saturated heterocycles. The molecule has 0 saturated carbocycles. The maximum Gasteiger partial charge on any atom is 0.293 e. The summed E-state index contributed by atoms with van der Waals surface area (Å²) in [7, 11) is 0.